The SMILES string of the molecule is CCCc1nc(C(N)CCC)sc1C(=O)O. The van der Waals surface area contributed by atoms with Gasteiger partial charge in [-0.15, -0.1) is 11.3 Å². The van der Waals surface area contributed by atoms with Crippen molar-refractivity contribution in [1.29, 1.82) is 0 Å². The zero-order chi connectivity index (χ0) is 12.1. The Bertz CT molecular complexity index is 363. The summed E-state index contributed by atoms with van der Waals surface area (Å²) < 4.78 is 0. The summed E-state index contributed by atoms with van der Waals surface area (Å²) in [6.45, 7) is 4.06. The van der Waals surface area contributed by atoms with Crippen molar-refractivity contribution in [3.05, 3.63) is 15.6 Å². The van der Waals surface area contributed by atoms with E-state index >= 15 is 0 Å². The minimum Gasteiger partial charge on any atom is -0.477 e. The number of aryl methyl sites for hydroxylation is 1. The van der Waals surface area contributed by atoms with E-state index in [2.05, 4.69) is 11.9 Å². The van der Waals surface area contributed by atoms with Gasteiger partial charge in [-0.25, -0.2) is 9.78 Å². The predicted molar refractivity (Wildman–Crippen MR) is 64.9 cm³/mol. The zero-order valence-corrected chi connectivity index (χ0v) is 10.5. The minimum atomic E-state index is -0.893. The van der Waals surface area contributed by atoms with Gasteiger partial charge in [0.05, 0.1) is 11.7 Å². The maximum absolute atomic E-state index is 11.0. The van der Waals surface area contributed by atoms with Crippen LogP contribution >= 0.6 is 11.3 Å². The molecule has 1 unspecified atom stereocenters. The third-order valence-electron chi connectivity index (χ3n) is 2.31. The molecule has 0 aliphatic rings. The molecule has 0 radical (unpaired) electrons. The molecule has 1 atom stereocenters. The Morgan fingerprint density at radius 1 is 1.50 bits per heavy atom. The highest BCUT2D eigenvalue weighted by atomic mass is 32.1. The van der Waals surface area contributed by atoms with Gasteiger partial charge in [0.25, 0.3) is 0 Å². The number of nitrogens with two attached hydrogens (primary N) is 1. The van der Waals surface area contributed by atoms with Crippen LogP contribution in [0.2, 0.25) is 0 Å². The summed E-state index contributed by atoms with van der Waals surface area (Å²) in [5, 5.41) is 9.80. The molecule has 1 rings (SSSR count). The molecule has 5 heteroatoms. The summed E-state index contributed by atoms with van der Waals surface area (Å²) in [5.74, 6) is -0.893. The zero-order valence-electron chi connectivity index (χ0n) is 9.69. The summed E-state index contributed by atoms with van der Waals surface area (Å²) in [7, 11) is 0. The van der Waals surface area contributed by atoms with Crippen molar-refractivity contribution < 1.29 is 9.90 Å². The first-order valence-electron chi connectivity index (χ1n) is 5.58. The van der Waals surface area contributed by atoms with Gasteiger partial charge in [0.1, 0.15) is 9.88 Å². The van der Waals surface area contributed by atoms with Gasteiger partial charge in [0, 0.05) is 0 Å². The van der Waals surface area contributed by atoms with E-state index in [1.807, 2.05) is 6.92 Å². The molecule has 0 aromatic carbocycles. The molecular weight excluding hydrogens is 224 g/mol. The van der Waals surface area contributed by atoms with Crippen LogP contribution in [0.15, 0.2) is 0 Å². The number of nitrogens with zero attached hydrogens (tertiary/aromatic N) is 1. The molecule has 0 spiro atoms. The lowest BCUT2D eigenvalue weighted by molar-refractivity contribution is 0.0700. The second kappa shape index (κ2) is 5.96. The molecule has 1 aromatic rings. The number of carboxylic acid groups (broad SMARTS) is 1. The minimum absolute atomic E-state index is 0.126. The van der Waals surface area contributed by atoms with Crippen molar-refractivity contribution in [2.75, 3.05) is 0 Å². The normalized spacial score (nSPS) is 12.7. The van der Waals surface area contributed by atoms with Crippen molar-refractivity contribution in [3.63, 3.8) is 0 Å². The van der Waals surface area contributed by atoms with Crippen molar-refractivity contribution >= 4 is 17.3 Å². The van der Waals surface area contributed by atoms with Crippen molar-refractivity contribution in [2.45, 2.75) is 45.6 Å². The Balaban J connectivity index is 2.96. The van der Waals surface area contributed by atoms with Gasteiger partial charge in [-0.05, 0) is 12.8 Å². The van der Waals surface area contributed by atoms with E-state index in [9.17, 15) is 4.79 Å². The van der Waals surface area contributed by atoms with Gasteiger partial charge in [-0.2, -0.15) is 0 Å². The molecule has 0 bridgehead atoms. The van der Waals surface area contributed by atoms with Crippen molar-refractivity contribution in [1.82, 2.24) is 4.98 Å². The van der Waals surface area contributed by atoms with Gasteiger partial charge >= 0.3 is 5.97 Å². The second-order valence-electron chi connectivity index (χ2n) is 3.78. The number of carbonyl (C=O) groups is 1. The van der Waals surface area contributed by atoms with Crippen LogP contribution in [0.25, 0.3) is 0 Å². The number of rotatable bonds is 6. The molecule has 1 heterocycles. The van der Waals surface area contributed by atoms with E-state index in [1.54, 1.807) is 0 Å². The lowest BCUT2D eigenvalue weighted by atomic mass is 10.2. The second-order valence-corrected chi connectivity index (χ2v) is 4.81. The Kier molecular flexibility index (Phi) is 4.89. The highest BCUT2D eigenvalue weighted by Gasteiger charge is 2.19. The molecule has 0 saturated heterocycles. The monoisotopic (exact) mass is 242 g/mol. The summed E-state index contributed by atoms with van der Waals surface area (Å²) >= 11 is 1.22. The van der Waals surface area contributed by atoms with Gasteiger partial charge < -0.3 is 10.8 Å². The van der Waals surface area contributed by atoms with Gasteiger partial charge in [-0.1, -0.05) is 26.7 Å². The lowest BCUT2D eigenvalue weighted by Gasteiger charge is -2.04. The first kappa shape index (κ1) is 13.1. The topological polar surface area (TPSA) is 76.2 Å². The van der Waals surface area contributed by atoms with Crippen LogP contribution in [0.4, 0.5) is 0 Å². The number of aromatic nitrogens is 1. The average molecular weight is 242 g/mol. The Morgan fingerprint density at radius 2 is 2.19 bits per heavy atom. The summed E-state index contributed by atoms with van der Waals surface area (Å²) in [6, 6.07) is -0.126. The first-order chi connectivity index (χ1) is 7.60. The van der Waals surface area contributed by atoms with E-state index in [0.717, 1.165) is 24.3 Å². The summed E-state index contributed by atoms with van der Waals surface area (Å²) in [4.78, 5) is 15.7. The van der Waals surface area contributed by atoms with Gasteiger partial charge in [0.15, 0.2) is 0 Å². The van der Waals surface area contributed by atoms with E-state index in [0.29, 0.717) is 17.0 Å². The average Bonchev–Trinajstić information content (AvgIpc) is 2.63. The number of hydrogen-bond acceptors (Lipinski definition) is 4. The van der Waals surface area contributed by atoms with Crippen LogP contribution in [0.3, 0.4) is 0 Å². The molecule has 3 N–H and O–H groups in total. The number of hydrogen-bond donors (Lipinski definition) is 2. The molecule has 1 aromatic heterocycles. The number of carboxylic acids is 1. The summed E-state index contributed by atoms with van der Waals surface area (Å²) in [6.07, 6.45) is 3.42. The molecule has 0 amide bonds. The number of aromatic carboxylic acids is 1. The molecule has 16 heavy (non-hydrogen) atoms. The van der Waals surface area contributed by atoms with E-state index in [1.165, 1.54) is 11.3 Å². The van der Waals surface area contributed by atoms with Crippen molar-refractivity contribution in [3.8, 4) is 0 Å². The first-order valence-corrected chi connectivity index (χ1v) is 6.40. The molecule has 0 aliphatic heterocycles. The third kappa shape index (κ3) is 3.02. The number of thiazole rings is 1. The molecule has 90 valence electrons. The summed E-state index contributed by atoms with van der Waals surface area (Å²) in [5.41, 5.74) is 6.62. The van der Waals surface area contributed by atoms with E-state index in [4.69, 9.17) is 10.8 Å². The highest BCUT2D eigenvalue weighted by Crippen LogP contribution is 2.26. The van der Waals surface area contributed by atoms with Crippen molar-refractivity contribution in [2.24, 2.45) is 5.73 Å². The van der Waals surface area contributed by atoms with Crippen LogP contribution in [-0.2, 0) is 6.42 Å². The van der Waals surface area contributed by atoms with Crippen LogP contribution in [0.1, 0.15) is 59.5 Å². The smallest absolute Gasteiger partial charge is 0.347 e. The molecular formula is C11H18N2O2S. The third-order valence-corrected chi connectivity index (χ3v) is 3.53. The largest absolute Gasteiger partial charge is 0.477 e. The standard InChI is InChI=1S/C11H18N2O2S/c1-3-5-7(12)10-13-8(6-4-2)9(16-10)11(14)15/h7H,3-6,12H2,1-2H3,(H,14,15). The lowest BCUT2D eigenvalue weighted by Crippen LogP contribution is -2.09. The van der Waals surface area contributed by atoms with Crippen LogP contribution < -0.4 is 5.73 Å². The van der Waals surface area contributed by atoms with Crippen LogP contribution in [0, 0.1) is 0 Å². The molecule has 0 fully saturated rings. The fourth-order valence-corrected chi connectivity index (χ4v) is 2.52. The maximum atomic E-state index is 11.0. The van der Waals surface area contributed by atoms with Gasteiger partial charge in [0.2, 0.25) is 0 Å². The Morgan fingerprint density at radius 3 is 2.69 bits per heavy atom. The highest BCUT2D eigenvalue weighted by molar-refractivity contribution is 7.13. The Hall–Kier alpha value is -0.940. The van der Waals surface area contributed by atoms with Crippen LogP contribution in [0.5, 0.6) is 0 Å². The van der Waals surface area contributed by atoms with E-state index in [-0.39, 0.29) is 6.04 Å². The quantitative estimate of drug-likeness (QED) is 0.804. The Labute approximate surface area is 99.5 Å². The predicted octanol–water partition coefficient (Wildman–Crippen LogP) is 2.59. The van der Waals surface area contributed by atoms with Crippen LogP contribution in [-0.4, -0.2) is 16.1 Å². The fourth-order valence-electron chi connectivity index (χ4n) is 1.54. The van der Waals surface area contributed by atoms with E-state index < -0.39 is 5.97 Å². The maximum Gasteiger partial charge on any atom is 0.347 e. The molecule has 0 saturated carbocycles. The molecule has 0 aliphatic carbocycles. The van der Waals surface area contributed by atoms with Gasteiger partial charge in [-0.3, -0.25) is 0 Å². The molecule has 4 nitrogen and oxygen atoms in total. The fraction of sp³-hybridized carbons (Fsp3) is 0.636.